The third-order valence-electron chi connectivity index (χ3n) is 4.42. The fraction of sp³-hybridized carbons (Fsp3) is 0.350. The fourth-order valence-corrected chi connectivity index (χ4v) is 4.08. The summed E-state index contributed by atoms with van der Waals surface area (Å²) in [6, 6.07) is 17.3. The smallest absolute Gasteiger partial charge is 0.240 e. The number of guanidine groups is 1. The SMILES string of the molecule is CN=C(NCc1ccc(S(=O)(=O)NC2CC2)cc1)N(C)Cc1ccccc1. The van der Waals surface area contributed by atoms with Gasteiger partial charge in [-0.1, -0.05) is 42.5 Å². The first-order valence-electron chi connectivity index (χ1n) is 9.05. The molecule has 0 spiro atoms. The molecular weight excluding hydrogens is 360 g/mol. The summed E-state index contributed by atoms with van der Waals surface area (Å²) in [6.07, 6.45) is 1.85. The van der Waals surface area contributed by atoms with Crippen LogP contribution in [0.3, 0.4) is 0 Å². The number of aliphatic imine (C=N–C) groups is 1. The maximum atomic E-state index is 12.2. The molecule has 0 saturated heterocycles. The topological polar surface area (TPSA) is 73.8 Å². The maximum Gasteiger partial charge on any atom is 0.240 e. The van der Waals surface area contributed by atoms with Crippen LogP contribution in [0.4, 0.5) is 0 Å². The molecule has 0 aromatic heterocycles. The molecule has 2 N–H and O–H groups in total. The Labute approximate surface area is 161 Å². The highest BCUT2D eigenvalue weighted by molar-refractivity contribution is 7.89. The van der Waals surface area contributed by atoms with Gasteiger partial charge < -0.3 is 10.2 Å². The molecule has 2 aromatic rings. The Hall–Kier alpha value is -2.38. The molecule has 0 atom stereocenters. The van der Waals surface area contributed by atoms with E-state index in [2.05, 4.69) is 27.2 Å². The first-order valence-corrected chi connectivity index (χ1v) is 10.5. The molecule has 1 aliphatic carbocycles. The molecule has 0 bridgehead atoms. The Morgan fingerprint density at radius 3 is 2.33 bits per heavy atom. The van der Waals surface area contributed by atoms with E-state index in [4.69, 9.17) is 0 Å². The lowest BCUT2D eigenvalue weighted by Gasteiger charge is -2.22. The van der Waals surface area contributed by atoms with Crippen molar-refractivity contribution in [2.45, 2.75) is 36.9 Å². The largest absolute Gasteiger partial charge is 0.352 e. The van der Waals surface area contributed by atoms with Crippen LogP contribution in [0, 0.1) is 0 Å². The van der Waals surface area contributed by atoms with E-state index in [1.54, 1.807) is 19.2 Å². The van der Waals surface area contributed by atoms with Crippen LogP contribution >= 0.6 is 0 Å². The number of rotatable bonds is 7. The number of hydrogen-bond donors (Lipinski definition) is 2. The predicted octanol–water partition coefficient (Wildman–Crippen LogP) is 2.33. The van der Waals surface area contributed by atoms with Crippen molar-refractivity contribution in [1.82, 2.24) is 14.9 Å². The molecule has 7 heteroatoms. The second kappa shape index (κ2) is 8.54. The van der Waals surface area contributed by atoms with Crippen LogP contribution in [0.25, 0.3) is 0 Å². The number of sulfonamides is 1. The first kappa shape index (κ1) is 19.4. The van der Waals surface area contributed by atoms with Gasteiger partial charge in [-0.2, -0.15) is 0 Å². The molecule has 6 nitrogen and oxygen atoms in total. The van der Waals surface area contributed by atoms with Gasteiger partial charge in [-0.15, -0.1) is 0 Å². The highest BCUT2D eigenvalue weighted by Gasteiger charge is 2.27. The lowest BCUT2D eigenvalue weighted by Crippen LogP contribution is -2.38. The Kier molecular flexibility index (Phi) is 6.13. The van der Waals surface area contributed by atoms with Gasteiger partial charge in [0.2, 0.25) is 10.0 Å². The molecule has 1 aliphatic rings. The molecule has 1 saturated carbocycles. The monoisotopic (exact) mass is 386 g/mol. The van der Waals surface area contributed by atoms with Crippen LogP contribution in [-0.2, 0) is 23.1 Å². The van der Waals surface area contributed by atoms with Gasteiger partial charge in [0.25, 0.3) is 0 Å². The van der Waals surface area contributed by atoms with Gasteiger partial charge >= 0.3 is 0 Å². The number of nitrogens with zero attached hydrogens (tertiary/aromatic N) is 2. The minimum absolute atomic E-state index is 0.111. The minimum Gasteiger partial charge on any atom is -0.352 e. The molecule has 0 unspecified atom stereocenters. The molecule has 144 valence electrons. The predicted molar refractivity (Wildman–Crippen MR) is 108 cm³/mol. The molecule has 0 heterocycles. The Morgan fingerprint density at radius 2 is 1.74 bits per heavy atom. The number of nitrogens with one attached hydrogen (secondary N) is 2. The molecule has 0 radical (unpaired) electrons. The summed E-state index contributed by atoms with van der Waals surface area (Å²) < 4.78 is 27.1. The zero-order chi connectivity index (χ0) is 19.3. The molecule has 1 fully saturated rings. The normalized spacial score (nSPS) is 14.8. The maximum absolute atomic E-state index is 12.2. The molecule has 0 amide bonds. The number of hydrogen-bond acceptors (Lipinski definition) is 3. The second-order valence-corrected chi connectivity index (χ2v) is 8.50. The van der Waals surface area contributed by atoms with Gasteiger partial charge in [0.1, 0.15) is 0 Å². The minimum atomic E-state index is -3.40. The number of benzene rings is 2. The van der Waals surface area contributed by atoms with E-state index in [-0.39, 0.29) is 6.04 Å². The van der Waals surface area contributed by atoms with Crippen LogP contribution in [0.5, 0.6) is 0 Å². The molecular formula is C20H26N4O2S. The van der Waals surface area contributed by atoms with E-state index in [1.807, 2.05) is 42.3 Å². The van der Waals surface area contributed by atoms with Gasteiger partial charge in [0.05, 0.1) is 4.90 Å². The molecule has 3 rings (SSSR count). The molecule has 0 aliphatic heterocycles. The van der Waals surface area contributed by atoms with Crippen LogP contribution in [0.15, 0.2) is 64.5 Å². The zero-order valence-electron chi connectivity index (χ0n) is 15.7. The molecule has 2 aromatic carbocycles. The summed E-state index contributed by atoms with van der Waals surface area (Å²) in [5.74, 6) is 0.783. The third kappa shape index (κ3) is 5.55. The summed E-state index contributed by atoms with van der Waals surface area (Å²) >= 11 is 0. The lowest BCUT2D eigenvalue weighted by molar-refractivity contribution is 0.476. The Morgan fingerprint density at radius 1 is 1.07 bits per heavy atom. The van der Waals surface area contributed by atoms with Crippen LogP contribution in [0.2, 0.25) is 0 Å². The van der Waals surface area contributed by atoms with Gasteiger partial charge in [-0.05, 0) is 36.1 Å². The van der Waals surface area contributed by atoms with Crippen LogP contribution in [-0.4, -0.2) is 39.4 Å². The van der Waals surface area contributed by atoms with Gasteiger partial charge in [0.15, 0.2) is 5.96 Å². The average Bonchev–Trinajstić information content (AvgIpc) is 3.47. The van der Waals surface area contributed by atoms with Crippen molar-refractivity contribution < 1.29 is 8.42 Å². The zero-order valence-corrected chi connectivity index (χ0v) is 16.5. The van der Waals surface area contributed by atoms with Crippen LogP contribution < -0.4 is 10.0 Å². The van der Waals surface area contributed by atoms with Crippen molar-refractivity contribution in [2.24, 2.45) is 4.99 Å². The lowest BCUT2D eigenvalue weighted by atomic mass is 10.2. The summed E-state index contributed by atoms with van der Waals surface area (Å²) in [4.78, 5) is 6.68. The summed E-state index contributed by atoms with van der Waals surface area (Å²) in [7, 11) is 0.341. The summed E-state index contributed by atoms with van der Waals surface area (Å²) in [6.45, 7) is 1.33. The third-order valence-corrected chi connectivity index (χ3v) is 5.96. The first-order chi connectivity index (χ1) is 13.0. The fourth-order valence-electron chi connectivity index (χ4n) is 2.77. The van der Waals surface area contributed by atoms with Crippen molar-refractivity contribution in [3.05, 3.63) is 65.7 Å². The van der Waals surface area contributed by atoms with Crippen molar-refractivity contribution in [2.75, 3.05) is 14.1 Å². The van der Waals surface area contributed by atoms with E-state index in [9.17, 15) is 8.42 Å². The summed E-state index contributed by atoms with van der Waals surface area (Å²) in [5, 5.41) is 3.32. The van der Waals surface area contributed by atoms with Crippen LogP contribution in [0.1, 0.15) is 24.0 Å². The molecule has 27 heavy (non-hydrogen) atoms. The van der Waals surface area contributed by atoms with Crippen molar-refractivity contribution in [3.63, 3.8) is 0 Å². The highest BCUT2D eigenvalue weighted by atomic mass is 32.2. The quantitative estimate of drug-likeness (QED) is 0.566. The van der Waals surface area contributed by atoms with Crippen molar-refractivity contribution in [1.29, 1.82) is 0 Å². The van der Waals surface area contributed by atoms with Gasteiger partial charge in [0, 0.05) is 33.2 Å². The van der Waals surface area contributed by atoms with E-state index in [1.165, 1.54) is 5.56 Å². The Bertz CT molecular complexity index is 876. The van der Waals surface area contributed by atoms with Crippen molar-refractivity contribution in [3.8, 4) is 0 Å². The van der Waals surface area contributed by atoms with Gasteiger partial charge in [-0.3, -0.25) is 4.99 Å². The standard InChI is InChI=1S/C20H26N4O2S/c1-21-20(24(2)15-17-6-4-3-5-7-17)22-14-16-8-12-19(13-9-16)27(25,26)23-18-10-11-18/h3-9,12-13,18,23H,10-11,14-15H2,1-2H3,(H,21,22). The Balaban J connectivity index is 1.56. The van der Waals surface area contributed by atoms with Gasteiger partial charge in [-0.25, -0.2) is 13.1 Å². The van der Waals surface area contributed by atoms with E-state index in [0.29, 0.717) is 11.4 Å². The summed E-state index contributed by atoms with van der Waals surface area (Å²) in [5.41, 5.74) is 2.20. The second-order valence-electron chi connectivity index (χ2n) is 6.78. The van der Waals surface area contributed by atoms with E-state index < -0.39 is 10.0 Å². The van der Waals surface area contributed by atoms with E-state index >= 15 is 0 Å². The van der Waals surface area contributed by atoms with E-state index in [0.717, 1.165) is 30.9 Å². The van der Waals surface area contributed by atoms with Crippen molar-refractivity contribution >= 4 is 16.0 Å². The average molecular weight is 387 g/mol. The highest BCUT2D eigenvalue weighted by Crippen LogP contribution is 2.22.